The molecule has 0 aliphatic heterocycles. The molecule has 1 amide bonds. The predicted molar refractivity (Wildman–Crippen MR) is 133 cm³/mol. The number of hydrogen-bond donors (Lipinski definition) is 2. The summed E-state index contributed by atoms with van der Waals surface area (Å²) in [6.07, 6.45) is 3.24. The van der Waals surface area contributed by atoms with E-state index in [9.17, 15) is 19.5 Å². The summed E-state index contributed by atoms with van der Waals surface area (Å²) in [5.41, 5.74) is 1.23. The molecule has 0 spiro atoms. The van der Waals surface area contributed by atoms with Gasteiger partial charge in [0.05, 0.1) is 5.69 Å². The summed E-state index contributed by atoms with van der Waals surface area (Å²) in [5, 5.41) is 13.0. The standard InChI is InChI=1S/C25H35N5O4/c1-7-8-10-19-27-22-21(23(33)29(6)24(34)28(22)5)30(19)14-9-11-20(32)26-17-15-16(25(2,3)4)12-13-18(17)31/h12-13,15,31H,7-11,14H2,1-6H3,(H,26,32). The lowest BCUT2D eigenvalue weighted by Gasteiger charge is -2.20. The normalized spacial score (nSPS) is 11.8. The minimum Gasteiger partial charge on any atom is -0.506 e. The minimum absolute atomic E-state index is 0.0215. The molecule has 9 nitrogen and oxygen atoms in total. The molecule has 0 fully saturated rings. The van der Waals surface area contributed by atoms with Crippen LogP contribution in [0.1, 0.15) is 64.8 Å². The van der Waals surface area contributed by atoms with Crippen LogP contribution in [0.3, 0.4) is 0 Å². The molecule has 2 aromatic heterocycles. The number of phenols is 1. The molecule has 34 heavy (non-hydrogen) atoms. The third-order valence-corrected chi connectivity index (χ3v) is 6.10. The number of aromatic hydroxyl groups is 1. The van der Waals surface area contributed by atoms with Crippen LogP contribution in [0.15, 0.2) is 27.8 Å². The Morgan fingerprint density at radius 3 is 2.47 bits per heavy atom. The number of hydrogen-bond acceptors (Lipinski definition) is 5. The monoisotopic (exact) mass is 469 g/mol. The van der Waals surface area contributed by atoms with Crippen molar-refractivity contribution in [3.8, 4) is 5.75 Å². The maximum atomic E-state index is 12.9. The van der Waals surface area contributed by atoms with E-state index < -0.39 is 5.69 Å². The number of benzene rings is 1. The van der Waals surface area contributed by atoms with Gasteiger partial charge in [-0.15, -0.1) is 0 Å². The van der Waals surface area contributed by atoms with Gasteiger partial charge in [0, 0.05) is 33.5 Å². The highest BCUT2D eigenvalue weighted by atomic mass is 16.3. The molecule has 3 rings (SSSR count). The van der Waals surface area contributed by atoms with Crippen LogP contribution in [0.4, 0.5) is 5.69 Å². The zero-order valence-electron chi connectivity index (χ0n) is 20.9. The van der Waals surface area contributed by atoms with Gasteiger partial charge in [-0.05, 0) is 36.0 Å². The smallest absolute Gasteiger partial charge is 0.332 e. The third-order valence-electron chi connectivity index (χ3n) is 6.10. The highest BCUT2D eigenvalue weighted by Gasteiger charge is 2.20. The van der Waals surface area contributed by atoms with Gasteiger partial charge in [-0.25, -0.2) is 9.78 Å². The minimum atomic E-state index is -0.416. The van der Waals surface area contributed by atoms with Crippen molar-refractivity contribution in [2.24, 2.45) is 14.1 Å². The topological polar surface area (TPSA) is 111 Å². The summed E-state index contributed by atoms with van der Waals surface area (Å²) in [4.78, 5) is 42.4. The number of anilines is 1. The zero-order chi connectivity index (χ0) is 25.2. The summed E-state index contributed by atoms with van der Waals surface area (Å²) in [5.74, 6) is 0.542. The van der Waals surface area contributed by atoms with Crippen LogP contribution in [-0.4, -0.2) is 29.7 Å². The summed E-state index contributed by atoms with van der Waals surface area (Å²) in [7, 11) is 3.06. The first kappa shape index (κ1) is 25.3. The fraction of sp³-hybridized carbons (Fsp3) is 0.520. The van der Waals surface area contributed by atoms with Crippen LogP contribution < -0.4 is 16.6 Å². The molecule has 2 N–H and O–H groups in total. The molecule has 2 heterocycles. The fourth-order valence-electron chi connectivity index (χ4n) is 3.97. The third kappa shape index (κ3) is 5.08. The van der Waals surface area contributed by atoms with E-state index in [1.165, 1.54) is 11.6 Å². The number of aryl methyl sites for hydroxylation is 3. The number of nitrogens with one attached hydrogen (secondary N) is 1. The lowest BCUT2D eigenvalue weighted by molar-refractivity contribution is -0.116. The maximum Gasteiger partial charge on any atom is 0.332 e. The lowest BCUT2D eigenvalue weighted by atomic mass is 9.87. The van der Waals surface area contributed by atoms with Crippen molar-refractivity contribution in [2.45, 2.75) is 71.8 Å². The van der Waals surface area contributed by atoms with Gasteiger partial charge in [0.15, 0.2) is 11.2 Å². The number of unbranched alkanes of at least 4 members (excludes halogenated alkanes) is 1. The number of amides is 1. The van der Waals surface area contributed by atoms with Crippen molar-refractivity contribution in [2.75, 3.05) is 5.32 Å². The molecule has 9 heteroatoms. The Balaban J connectivity index is 1.81. The summed E-state index contributed by atoms with van der Waals surface area (Å²) in [6, 6.07) is 5.23. The van der Waals surface area contributed by atoms with Crippen LogP contribution >= 0.6 is 0 Å². The van der Waals surface area contributed by atoms with Crippen molar-refractivity contribution in [1.29, 1.82) is 0 Å². The SMILES string of the molecule is CCCCc1nc2c(c(=O)n(C)c(=O)n2C)n1CCCC(=O)Nc1cc(C(C)(C)C)ccc1O. The first-order chi connectivity index (χ1) is 16.0. The van der Waals surface area contributed by atoms with Gasteiger partial charge >= 0.3 is 5.69 Å². The highest BCUT2D eigenvalue weighted by Crippen LogP contribution is 2.30. The number of imidazole rings is 1. The molecule has 0 atom stereocenters. The summed E-state index contributed by atoms with van der Waals surface area (Å²) < 4.78 is 4.32. The second-order valence-electron chi connectivity index (χ2n) is 9.79. The van der Waals surface area contributed by atoms with E-state index in [2.05, 4.69) is 38.0 Å². The van der Waals surface area contributed by atoms with Crippen molar-refractivity contribution in [3.05, 3.63) is 50.4 Å². The molecule has 0 saturated heterocycles. The van der Waals surface area contributed by atoms with E-state index in [0.717, 1.165) is 28.8 Å². The van der Waals surface area contributed by atoms with Crippen LogP contribution in [0.5, 0.6) is 5.75 Å². The van der Waals surface area contributed by atoms with Crippen molar-refractivity contribution in [1.82, 2.24) is 18.7 Å². The molecule has 184 valence electrons. The van der Waals surface area contributed by atoms with Crippen LogP contribution in [0, 0.1) is 0 Å². The van der Waals surface area contributed by atoms with Gasteiger partial charge in [-0.3, -0.25) is 18.7 Å². The Kier molecular flexibility index (Phi) is 7.33. The summed E-state index contributed by atoms with van der Waals surface area (Å²) in [6.45, 7) is 8.70. The average molecular weight is 470 g/mol. The van der Waals surface area contributed by atoms with Gasteiger partial charge in [0.2, 0.25) is 5.91 Å². The van der Waals surface area contributed by atoms with Gasteiger partial charge in [0.1, 0.15) is 11.6 Å². The Morgan fingerprint density at radius 2 is 1.82 bits per heavy atom. The largest absolute Gasteiger partial charge is 0.506 e. The number of nitrogens with zero attached hydrogens (tertiary/aromatic N) is 4. The Bertz CT molecular complexity index is 1320. The van der Waals surface area contributed by atoms with Gasteiger partial charge in [-0.1, -0.05) is 40.2 Å². The number of carbonyl (C=O) groups excluding carboxylic acids is 1. The number of fused-ring (bicyclic) bond motifs is 1. The lowest BCUT2D eigenvalue weighted by Crippen LogP contribution is -2.37. The number of carbonyl (C=O) groups is 1. The molecule has 0 aliphatic carbocycles. The van der Waals surface area contributed by atoms with E-state index in [4.69, 9.17) is 0 Å². The van der Waals surface area contributed by atoms with Gasteiger partial charge in [-0.2, -0.15) is 0 Å². The Hall–Kier alpha value is -3.36. The molecule has 3 aromatic rings. The Morgan fingerprint density at radius 1 is 1.12 bits per heavy atom. The van der Waals surface area contributed by atoms with E-state index in [-0.39, 0.29) is 29.1 Å². The zero-order valence-corrected chi connectivity index (χ0v) is 20.9. The molecule has 1 aromatic carbocycles. The molecule has 0 bridgehead atoms. The van der Waals surface area contributed by atoms with Gasteiger partial charge < -0.3 is 15.0 Å². The predicted octanol–water partition coefficient (Wildman–Crippen LogP) is 3.20. The molecular formula is C25H35N5O4. The second kappa shape index (κ2) is 9.87. The van der Waals surface area contributed by atoms with E-state index in [1.54, 1.807) is 19.2 Å². The maximum absolute atomic E-state index is 12.9. The molecule has 0 saturated carbocycles. The van der Waals surface area contributed by atoms with E-state index >= 15 is 0 Å². The molecular weight excluding hydrogens is 434 g/mol. The highest BCUT2D eigenvalue weighted by molar-refractivity contribution is 5.92. The van der Waals surface area contributed by atoms with Gasteiger partial charge in [0.25, 0.3) is 5.56 Å². The van der Waals surface area contributed by atoms with Crippen LogP contribution in [-0.2, 0) is 37.3 Å². The second-order valence-corrected chi connectivity index (χ2v) is 9.79. The first-order valence-corrected chi connectivity index (χ1v) is 11.7. The van der Waals surface area contributed by atoms with E-state index in [1.807, 2.05) is 10.6 Å². The van der Waals surface area contributed by atoms with Crippen LogP contribution in [0.2, 0.25) is 0 Å². The average Bonchev–Trinajstić information content (AvgIpc) is 3.14. The van der Waals surface area contributed by atoms with Crippen molar-refractivity contribution < 1.29 is 9.90 Å². The first-order valence-electron chi connectivity index (χ1n) is 11.7. The number of aromatic nitrogens is 4. The van der Waals surface area contributed by atoms with E-state index in [0.29, 0.717) is 36.2 Å². The number of rotatable bonds is 8. The molecule has 0 radical (unpaired) electrons. The number of phenolic OH excluding ortho intramolecular Hbond substituents is 1. The fourth-order valence-corrected chi connectivity index (χ4v) is 3.97. The molecule has 0 aliphatic rings. The quantitative estimate of drug-likeness (QED) is 0.492. The van der Waals surface area contributed by atoms with Crippen molar-refractivity contribution in [3.63, 3.8) is 0 Å². The summed E-state index contributed by atoms with van der Waals surface area (Å²) >= 11 is 0. The van der Waals surface area contributed by atoms with Crippen molar-refractivity contribution >= 4 is 22.8 Å². The molecule has 0 unspecified atom stereocenters. The Labute approximate surface area is 199 Å². The van der Waals surface area contributed by atoms with Crippen LogP contribution in [0.25, 0.3) is 11.2 Å².